The second-order valence-electron chi connectivity index (χ2n) is 4.78. The van der Waals surface area contributed by atoms with Crippen molar-refractivity contribution in [1.29, 1.82) is 0 Å². The van der Waals surface area contributed by atoms with Crippen LogP contribution in [0.3, 0.4) is 0 Å². The highest BCUT2D eigenvalue weighted by Gasteiger charge is 2.48. The lowest BCUT2D eigenvalue weighted by molar-refractivity contribution is -0.129. The van der Waals surface area contributed by atoms with Gasteiger partial charge >= 0.3 is 0 Å². The van der Waals surface area contributed by atoms with E-state index in [2.05, 4.69) is 27.9 Å². The number of para-hydroxylation sites is 1. The van der Waals surface area contributed by atoms with E-state index >= 15 is 0 Å². The molecule has 1 heterocycles. The molecule has 1 atom stereocenters. The Morgan fingerprint density at radius 1 is 1.23 bits per heavy atom. The molecule has 2 aromatic rings. The highest BCUT2D eigenvalue weighted by Crippen LogP contribution is 2.44. The molecule has 110 valence electrons. The summed E-state index contributed by atoms with van der Waals surface area (Å²) >= 11 is 2.16. The van der Waals surface area contributed by atoms with Gasteiger partial charge in [-0.3, -0.25) is 4.79 Å². The first kappa shape index (κ1) is 17.5. The van der Waals surface area contributed by atoms with Gasteiger partial charge in [0.15, 0.2) is 5.60 Å². The van der Waals surface area contributed by atoms with Crippen molar-refractivity contribution in [3.63, 3.8) is 0 Å². The summed E-state index contributed by atoms with van der Waals surface area (Å²) in [6, 6.07) is 12.6. The fourth-order valence-electron chi connectivity index (χ4n) is 2.57. The molecule has 1 aliphatic rings. The van der Waals surface area contributed by atoms with Crippen molar-refractivity contribution < 1.29 is 14.6 Å². The van der Waals surface area contributed by atoms with E-state index in [0.29, 0.717) is 29.2 Å². The van der Waals surface area contributed by atoms with E-state index < -0.39 is 11.5 Å². The van der Waals surface area contributed by atoms with Gasteiger partial charge in [-0.15, -0.1) is 0 Å². The highest BCUT2D eigenvalue weighted by atomic mass is 127. The molecule has 1 unspecified atom stereocenters. The Morgan fingerprint density at radius 3 is 2.68 bits per heavy atom. The first-order valence-corrected chi connectivity index (χ1v) is 7.71. The third-order valence-electron chi connectivity index (χ3n) is 3.52. The normalized spacial score (nSPS) is 19.1. The van der Waals surface area contributed by atoms with Crippen LogP contribution in [0.15, 0.2) is 42.5 Å². The van der Waals surface area contributed by atoms with Gasteiger partial charge < -0.3 is 15.2 Å². The fraction of sp³-hybridized carbons (Fsp3) is 0.188. The predicted molar refractivity (Wildman–Crippen MR) is 94.2 cm³/mol. The lowest BCUT2D eigenvalue weighted by Gasteiger charge is -2.24. The lowest BCUT2D eigenvalue weighted by Crippen LogP contribution is -2.35. The maximum Gasteiger partial charge on any atom is 0.266 e. The van der Waals surface area contributed by atoms with Crippen LogP contribution in [0, 0.1) is 3.57 Å². The molecule has 0 aromatic heterocycles. The lowest BCUT2D eigenvalue weighted by atomic mass is 9.87. The molecule has 1 aliphatic heterocycles. The summed E-state index contributed by atoms with van der Waals surface area (Å²) in [5, 5.41) is 13.9. The van der Waals surface area contributed by atoms with Crippen molar-refractivity contribution in [2.24, 2.45) is 0 Å². The molecule has 2 aromatic carbocycles. The van der Waals surface area contributed by atoms with Crippen molar-refractivity contribution in [2.75, 3.05) is 11.9 Å². The van der Waals surface area contributed by atoms with Crippen LogP contribution in [-0.2, 0) is 10.4 Å². The Labute approximate surface area is 158 Å². The van der Waals surface area contributed by atoms with E-state index in [-0.39, 0.29) is 23.1 Å². The number of rotatable bonds is 3. The average molecular weight is 420 g/mol. The first-order valence-electron chi connectivity index (χ1n) is 6.63. The van der Waals surface area contributed by atoms with Gasteiger partial charge in [0, 0.05) is 43.4 Å². The van der Waals surface area contributed by atoms with Gasteiger partial charge in [-0.25, -0.2) is 0 Å². The molecule has 0 saturated heterocycles. The maximum absolute atomic E-state index is 12.4. The van der Waals surface area contributed by atoms with Gasteiger partial charge in [-0.05, 0) is 53.8 Å². The minimum atomic E-state index is -1.72. The minimum Gasteiger partial charge on any atom is -0.493 e. The van der Waals surface area contributed by atoms with Crippen LogP contribution in [0.1, 0.15) is 18.1 Å². The summed E-state index contributed by atoms with van der Waals surface area (Å²) in [5.74, 6) is 0.0658. The molecular weight excluding hydrogens is 405 g/mol. The van der Waals surface area contributed by atoms with Crippen LogP contribution in [0.5, 0.6) is 5.75 Å². The molecule has 22 heavy (non-hydrogen) atoms. The van der Waals surface area contributed by atoms with Crippen LogP contribution in [0.4, 0.5) is 5.69 Å². The first-order chi connectivity index (χ1) is 10.1. The number of nitrogens with one attached hydrogen (secondary N) is 1. The molecule has 6 heteroatoms. The van der Waals surface area contributed by atoms with Gasteiger partial charge in [0.2, 0.25) is 0 Å². The number of halogens is 1. The monoisotopic (exact) mass is 419 g/mol. The summed E-state index contributed by atoms with van der Waals surface area (Å²) in [7, 11) is 0. The molecule has 2 radical (unpaired) electrons. The van der Waals surface area contributed by atoms with E-state index in [1.807, 2.05) is 25.1 Å². The second-order valence-corrected chi connectivity index (χ2v) is 6.03. The molecule has 0 bridgehead atoms. The molecule has 2 N–H and O–H groups in total. The number of ether oxygens (including phenoxy) is 1. The Balaban J connectivity index is 0.00000176. The van der Waals surface area contributed by atoms with Crippen LogP contribution in [0.25, 0.3) is 0 Å². The molecule has 4 nitrogen and oxygen atoms in total. The van der Waals surface area contributed by atoms with Crippen molar-refractivity contribution in [2.45, 2.75) is 12.5 Å². The number of hydrogen-bond acceptors (Lipinski definition) is 3. The highest BCUT2D eigenvalue weighted by molar-refractivity contribution is 14.1. The van der Waals surface area contributed by atoms with Gasteiger partial charge in [0.25, 0.3) is 5.91 Å². The van der Waals surface area contributed by atoms with E-state index in [4.69, 9.17) is 4.74 Å². The zero-order valence-electron chi connectivity index (χ0n) is 12.1. The summed E-state index contributed by atoms with van der Waals surface area (Å²) in [6.45, 7) is 2.33. The molecule has 0 aliphatic carbocycles. The summed E-state index contributed by atoms with van der Waals surface area (Å²) in [6.07, 6.45) is 0. The molecule has 3 rings (SSSR count). The minimum absolute atomic E-state index is 0. The zero-order chi connectivity index (χ0) is 15.0. The Bertz CT molecular complexity index is 722. The topological polar surface area (TPSA) is 58.6 Å². The quantitative estimate of drug-likeness (QED) is 0.594. The number of carbonyl (C=O) groups is 1. The van der Waals surface area contributed by atoms with Gasteiger partial charge in [0.05, 0.1) is 6.61 Å². The average Bonchev–Trinajstić information content (AvgIpc) is 2.73. The smallest absolute Gasteiger partial charge is 0.266 e. The van der Waals surface area contributed by atoms with E-state index in [1.54, 1.807) is 24.3 Å². The summed E-state index contributed by atoms with van der Waals surface area (Å²) in [5.41, 5.74) is -0.0617. The number of hydrogen-bond donors (Lipinski definition) is 2. The standard InChI is InChI=1S/C16H14INO3.Mg/c1-2-21-14-6-4-3-5-11(14)16(20)12-9-10(17)7-8-13(12)18-15(16)19;/h3-9,20H,2H2,1H3,(H,18,19);. The number of aliphatic hydroxyl groups is 1. The predicted octanol–water partition coefficient (Wildman–Crippen LogP) is 2.50. The Kier molecular flexibility index (Phi) is 5.36. The molecular formula is C16H14IMgNO3. The van der Waals surface area contributed by atoms with Crippen molar-refractivity contribution in [3.8, 4) is 5.75 Å². The van der Waals surface area contributed by atoms with Gasteiger partial charge in [0.1, 0.15) is 5.75 Å². The molecule has 1 amide bonds. The van der Waals surface area contributed by atoms with E-state index in [1.165, 1.54) is 0 Å². The van der Waals surface area contributed by atoms with Crippen LogP contribution in [0.2, 0.25) is 0 Å². The van der Waals surface area contributed by atoms with Crippen molar-refractivity contribution in [1.82, 2.24) is 0 Å². The number of amides is 1. The summed E-state index contributed by atoms with van der Waals surface area (Å²) in [4.78, 5) is 12.4. The maximum atomic E-state index is 12.4. The molecule has 0 spiro atoms. The van der Waals surface area contributed by atoms with Crippen LogP contribution < -0.4 is 10.1 Å². The van der Waals surface area contributed by atoms with Gasteiger partial charge in [-0.1, -0.05) is 18.2 Å². The SMILES string of the molecule is CCOc1ccccc1C1(O)C(=O)Nc2ccc(I)cc21.[Mg]. The Morgan fingerprint density at radius 2 is 1.95 bits per heavy atom. The van der Waals surface area contributed by atoms with Crippen LogP contribution in [-0.4, -0.2) is 40.7 Å². The van der Waals surface area contributed by atoms with Crippen LogP contribution >= 0.6 is 22.6 Å². The Hall–Kier alpha value is -0.834. The van der Waals surface area contributed by atoms with E-state index in [9.17, 15) is 9.90 Å². The second kappa shape index (κ2) is 6.73. The number of carbonyl (C=O) groups excluding carboxylic acids is 1. The number of fused-ring (bicyclic) bond motifs is 1. The fourth-order valence-corrected chi connectivity index (χ4v) is 3.07. The van der Waals surface area contributed by atoms with Crippen molar-refractivity contribution in [3.05, 3.63) is 57.2 Å². The largest absolute Gasteiger partial charge is 0.493 e. The third-order valence-corrected chi connectivity index (χ3v) is 4.20. The summed E-state index contributed by atoms with van der Waals surface area (Å²) < 4.78 is 6.52. The molecule has 0 saturated carbocycles. The van der Waals surface area contributed by atoms with Crippen molar-refractivity contribution >= 4 is 57.2 Å². The van der Waals surface area contributed by atoms with E-state index in [0.717, 1.165) is 3.57 Å². The number of anilines is 1. The zero-order valence-corrected chi connectivity index (χ0v) is 15.7. The van der Waals surface area contributed by atoms with Gasteiger partial charge in [-0.2, -0.15) is 0 Å². The third kappa shape index (κ3) is 2.73. The molecule has 0 fully saturated rings. The number of benzene rings is 2.